The van der Waals surface area contributed by atoms with Gasteiger partial charge in [-0.3, -0.25) is 0 Å². The molecule has 0 aromatic rings. The first kappa shape index (κ1) is 21.6. The molecule has 0 spiro atoms. The zero-order valence-electron chi connectivity index (χ0n) is 18.8. The van der Waals surface area contributed by atoms with Gasteiger partial charge in [0.2, 0.25) is 0 Å². The summed E-state index contributed by atoms with van der Waals surface area (Å²) in [7, 11) is 0. The van der Waals surface area contributed by atoms with Crippen LogP contribution in [0.25, 0.3) is 0 Å². The summed E-state index contributed by atoms with van der Waals surface area (Å²) in [6, 6.07) is 0. The fourth-order valence-corrected chi connectivity index (χ4v) is 8.40. The second kappa shape index (κ2) is 8.86. The summed E-state index contributed by atoms with van der Waals surface area (Å²) < 4.78 is 0. The van der Waals surface area contributed by atoms with Gasteiger partial charge in [0.25, 0.3) is 0 Å². The minimum absolute atomic E-state index is 0.0321. The summed E-state index contributed by atoms with van der Waals surface area (Å²) in [5.41, 5.74) is 6.51. The predicted octanol–water partition coefficient (Wildman–Crippen LogP) is 5.14. The van der Waals surface area contributed by atoms with Crippen molar-refractivity contribution < 1.29 is 9.94 Å². The second-order valence-electron chi connectivity index (χ2n) is 11.2. The zero-order valence-corrected chi connectivity index (χ0v) is 18.8. The van der Waals surface area contributed by atoms with Gasteiger partial charge in [0.05, 0.1) is 6.10 Å². The van der Waals surface area contributed by atoms with Crippen molar-refractivity contribution in [3.63, 3.8) is 0 Å². The molecule has 0 heterocycles. The van der Waals surface area contributed by atoms with Gasteiger partial charge in [0, 0.05) is 6.21 Å². The van der Waals surface area contributed by atoms with Crippen molar-refractivity contribution in [1.29, 1.82) is 0 Å². The van der Waals surface area contributed by atoms with Crippen molar-refractivity contribution in [3.8, 4) is 0 Å². The van der Waals surface area contributed by atoms with E-state index in [1.807, 2.05) is 6.21 Å². The summed E-state index contributed by atoms with van der Waals surface area (Å²) in [5, 5.41) is 14.3. The van der Waals surface area contributed by atoms with E-state index in [0.29, 0.717) is 24.0 Å². The van der Waals surface area contributed by atoms with Crippen LogP contribution in [-0.4, -0.2) is 30.6 Å². The average Bonchev–Trinajstić information content (AvgIpc) is 3.04. The average molecular weight is 405 g/mol. The highest BCUT2D eigenvalue weighted by Crippen LogP contribution is 2.67. The molecule has 0 bridgehead atoms. The number of nitrogens with two attached hydrogens (primary N) is 1. The van der Waals surface area contributed by atoms with Crippen LogP contribution >= 0.6 is 0 Å². The predicted molar refractivity (Wildman–Crippen MR) is 119 cm³/mol. The molecule has 0 amide bonds. The number of hydrogen-bond donors (Lipinski definition) is 2. The summed E-state index contributed by atoms with van der Waals surface area (Å²) in [6.45, 7) is 6.52. The first-order chi connectivity index (χ1) is 14.0. The highest BCUT2D eigenvalue weighted by atomic mass is 16.6. The van der Waals surface area contributed by atoms with Gasteiger partial charge in [-0.1, -0.05) is 19.0 Å². The van der Waals surface area contributed by atoms with Gasteiger partial charge in [-0.2, -0.15) is 0 Å². The van der Waals surface area contributed by atoms with Crippen LogP contribution in [0.3, 0.4) is 0 Å². The van der Waals surface area contributed by atoms with Crippen LogP contribution in [0.1, 0.15) is 90.9 Å². The van der Waals surface area contributed by atoms with Crippen LogP contribution in [0.2, 0.25) is 0 Å². The number of oxime groups is 1. The minimum atomic E-state index is -0.0321. The fourth-order valence-electron chi connectivity index (χ4n) is 8.40. The smallest absolute Gasteiger partial charge is 0.118 e. The molecule has 8 atom stereocenters. The summed E-state index contributed by atoms with van der Waals surface area (Å²) in [5.74, 6) is 4.38. The molecule has 4 fully saturated rings. The molecule has 4 saturated carbocycles. The van der Waals surface area contributed by atoms with Crippen LogP contribution in [0.15, 0.2) is 5.16 Å². The lowest BCUT2D eigenvalue weighted by molar-refractivity contribution is -0.126. The maximum absolute atomic E-state index is 10.2. The van der Waals surface area contributed by atoms with E-state index in [4.69, 9.17) is 10.6 Å². The van der Waals surface area contributed by atoms with E-state index in [-0.39, 0.29) is 6.10 Å². The van der Waals surface area contributed by atoms with E-state index < -0.39 is 0 Å². The maximum Gasteiger partial charge on any atom is 0.118 e. The number of rotatable bonds is 7. The van der Waals surface area contributed by atoms with E-state index in [9.17, 15) is 5.11 Å². The topological polar surface area (TPSA) is 67.8 Å². The Morgan fingerprint density at radius 2 is 1.83 bits per heavy atom. The first-order valence-electron chi connectivity index (χ1n) is 12.5. The standard InChI is InChI=1S/C25H44N2O2/c1-24-13-11-23-21(8-6-19-17-20(28)10-12-25(19,23)2)22(24)9-7-18(24)5-3-15-27-29-16-4-14-26/h15,18-23,28H,3-14,16-17,26H2,1-2H3/b27-15+/t18-,19+,20-,21-,22-,23-,24+,25-/m0/s1. The monoisotopic (exact) mass is 404 g/mol. The summed E-state index contributed by atoms with van der Waals surface area (Å²) in [6.07, 6.45) is 17.0. The van der Waals surface area contributed by atoms with Crippen LogP contribution in [0.4, 0.5) is 0 Å². The molecular weight excluding hydrogens is 360 g/mol. The molecule has 4 heteroatoms. The van der Waals surface area contributed by atoms with Crippen LogP contribution in [0, 0.1) is 40.4 Å². The fraction of sp³-hybridized carbons (Fsp3) is 0.960. The van der Waals surface area contributed by atoms with Crippen molar-refractivity contribution in [3.05, 3.63) is 0 Å². The summed E-state index contributed by atoms with van der Waals surface area (Å²) in [4.78, 5) is 5.28. The number of fused-ring (bicyclic) bond motifs is 5. The first-order valence-corrected chi connectivity index (χ1v) is 12.5. The van der Waals surface area contributed by atoms with Gasteiger partial charge < -0.3 is 15.7 Å². The van der Waals surface area contributed by atoms with E-state index >= 15 is 0 Å². The normalized spacial score (nSPS) is 46.9. The number of aliphatic hydroxyl groups excluding tert-OH is 1. The minimum Gasteiger partial charge on any atom is -0.396 e. The molecule has 4 aliphatic carbocycles. The molecule has 0 unspecified atom stereocenters. The van der Waals surface area contributed by atoms with Gasteiger partial charge in [-0.15, -0.1) is 0 Å². The third-order valence-corrected chi connectivity index (χ3v) is 10.1. The van der Waals surface area contributed by atoms with Crippen molar-refractivity contribution in [2.24, 2.45) is 51.3 Å². The molecule has 4 rings (SSSR count). The van der Waals surface area contributed by atoms with Crippen molar-refractivity contribution in [2.75, 3.05) is 13.2 Å². The molecule has 4 nitrogen and oxygen atoms in total. The Bertz CT molecular complexity index is 581. The molecule has 4 aliphatic rings. The van der Waals surface area contributed by atoms with Gasteiger partial charge in [0.15, 0.2) is 0 Å². The highest BCUT2D eigenvalue weighted by molar-refractivity contribution is 5.56. The SMILES string of the molecule is C[C@]12CC[C@H](O)C[C@H]1CC[C@@H]1[C@@H]2CC[C@]2(C)[C@@H](CC/C=N/OCCCN)CC[C@@H]12. The Kier molecular flexibility index (Phi) is 6.61. The quantitative estimate of drug-likeness (QED) is 0.351. The van der Waals surface area contributed by atoms with E-state index in [1.165, 1.54) is 51.4 Å². The Morgan fingerprint density at radius 3 is 2.66 bits per heavy atom. The molecule has 29 heavy (non-hydrogen) atoms. The van der Waals surface area contributed by atoms with Gasteiger partial charge in [0.1, 0.15) is 6.61 Å². The largest absolute Gasteiger partial charge is 0.396 e. The molecule has 0 aliphatic heterocycles. The number of aliphatic hydroxyl groups is 1. The molecule has 3 N–H and O–H groups in total. The van der Waals surface area contributed by atoms with Crippen LogP contribution in [-0.2, 0) is 4.84 Å². The molecule has 0 aromatic heterocycles. The van der Waals surface area contributed by atoms with Gasteiger partial charge in [-0.05, 0) is 124 Å². The zero-order chi connectivity index (χ0) is 20.5. The lowest BCUT2D eigenvalue weighted by Crippen LogP contribution is -2.53. The van der Waals surface area contributed by atoms with Crippen molar-refractivity contribution >= 4 is 6.21 Å². The van der Waals surface area contributed by atoms with E-state index in [2.05, 4.69) is 19.0 Å². The summed E-state index contributed by atoms with van der Waals surface area (Å²) >= 11 is 0. The Hall–Kier alpha value is -0.610. The molecular formula is C25H44N2O2. The van der Waals surface area contributed by atoms with Crippen molar-refractivity contribution in [1.82, 2.24) is 0 Å². The number of nitrogens with zero attached hydrogens (tertiary/aromatic N) is 1. The van der Waals surface area contributed by atoms with Crippen LogP contribution in [0.5, 0.6) is 0 Å². The Morgan fingerprint density at radius 1 is 1.03 bits per heavy atom. The molecule has 0 radical (unpaired) electrons. The molecule has 0 aromatic carbocycles. The molecule has 166 valence electrons. The lowest BCUT2D eigenvalue weighted by Gasteiger charge is -2.61. The van der Waals surface area contributed by atoms with E-state index in [1.54, 1.807) is 0 Å². The van der Waals surface area contributed by atoms with Gasteiger partial charge >= 0.3 is 0 Å². The molecule has 0 saturated heterocycles. The Balaban J connectivity index is 1.36. The lowest BCUT2D eigenvalue weighted by atomic mass is 9.44. The highest BCUT2D eigenvalue weighted by Gasteiger charge is 2.59. The third kappa shape index (κ3) is 4.01. The second-order valence-corrected chi connectivity index (χ2v) is 11.2. The van der Waals surface area contributed by atoms with Crippen molar-refractivity contribution in [2.45, 2.75) is 97.0 Å². The maximum atomic E-state index is 10.2. The van der Waals surface area contributed by atoms with Crippen LogP contribution < -0.4 is 5.73 Å². The third-order valence-electron chi connectivity index (χ3n) is 10.1. The van der Waals surface area contributed by atoms with Gasteiger partial charge in [-0.25, -0.2) is 0 Å². The Labute approximate surface area is 178 Å². The number of hydrogen-bond acceptors (Lipinski definition) is 4. The van der Waals surface area contributed by atoms with E-state index in [0.717, 1.165) is 55.3 Å².